The summed E-state index contributed by atoms with van der Waals surface area (Å²) in [5, 5.41) is 11.1. The van der Waals surface area contributed by atoms with Gasteiger partial charge >= 0.3 is 0 Å². The van der Waals surface area contributed by atoms with E-state index in [2.05, 4.69) is 4.98 Å². The van der Waals surface area contributed by atoms with Crippen LogP contribution < -0.4 is 10.6 Å². The molecule has 0 aliphatic heterocycles. The maximum absolute atomic E-state index is 12.5. The number of nitrogen functional groups attached to an aromatic ring is 1. The van der Waals surface area contributed by atoms with E-state index in [0.29, 0.717) is 11.5 Å². The molecular weight excluding hydrogens is 294 g/mol. The normalized spacial score (nSPS) is 10.7. The summed E-state index contributed by atoms with van der Waals surface area (Å²) in [5.74, 6) is 0.323. The number of hydrogen-bond acceptors (Lipinski definition) is 5. The van der Waals surface area contributed by atoms with E-state index in [0.717, 1.165) is 0 Å². The molecule has 2 N–H and O–H groups in total. The lowest BCUT2D eigenvalue weighted by atomic mass is 10.2. The topological polar surface area (TPSA) is 85.3 Å². The van der Waals surface area contributed by atoms with Crippen LogP contribution in [0.3, 0.4) is 0 Å². The van der Waals surface area contributed by atoms with Gasteiger partial charge in [0.1, 0.15) is 11.5 Å². The van der Waals surface area contributed by atoms with Gasteiger partial charge in [0.25, 0.3) is 5.69 Å². The van der Waals surface area contributed by atoms with E-state index in [9.17, 15) is 18.9 Å². The van der Waals surface area contributed by atoms with Crippen molar-refractivity contribution >= 4 is 22.9 Å². The summed E-state index contributed by atoms with van der Waals surface area (Å²) in [6, 6.07) is 9.05. The smallest absolute Gasteiger partial charge is 0.292 e. The van der Waals surface area contributed by atoms with Crippen LogP contribution in [-0.2, 0) is 0 Å². The highest BCUT2D eigenvalue weighted by Crippen LogP contribution is 2.33. The number of alkyl halides is 2. The SMILES string of the molecule is Nc1ccc(N(CCC(F)F)c2ccccc2[N+](=O)[O-])nc1. The van der Waals surface area contributed by atoms with Gasteiger partial charge < -0.3 is 10.6 Å². The third-order valence-electron chi connectivity index (χ3n) is 2.99. The Morgan fingerprint density at radius 3 is 2.59 bits per heavy atom. The van der Waals surface area contributed by atoms with E-state index in [-0.39, 0.29) is 17.9 Å². The van der Waals surface area contributed by atoms with Gasteiger partial charge in [-0.2, -0.15) is 0 Å². The van der Waals surface area contributed by atoms with Crippen LogP contribution >= 0.6 is 0 Å². The minimum atomic E-state index is -2.51. The standard InChI is InChI=1S/C14H14F2N4O2/c15-13(16)7-8-19(14-6-5-10(17)9-18-14)11-3-1-2-4-12(11)20(21)22/h1-6,9,13H,7-8,17H2. The maximum Gasteiger partial charge on any atom is 0.292 e. The Kier molecular flexibility index (Phi) is 4.82. The quantitative estimate of drug-likeness (QED) is 0.653. The third kappa shape index (κ3) is 3.66. The molecule has 22 heavy (non-hydrogen) atoms. The van der Waals surface area contributed by atoms with Gasteiger partial charge in [0.05, 0.1) is 16.8 Å². The van der Waals surface area contributed by atoms with Gasteiger partial charge in [-0.25, -0.2) is 13.8 Å². The fraction of sp³-hybridized carbons (Fsp3) is 0.214. The summed E-state index contributed by atoms with van der Waals surface area (Å²) in [5.41, 5.74) is 6.02. The first-order chi connectivity index (χ1) is 10.5. The number of anilines is 3. The highest BCUT2D eigenvalue weighted by molar-refractivity contribution is 5.70. The minimum absolute atomic E-state index is 0.0978. The van der Waals surface area contributed by atoms with E-state index >= 15 is 0 Å². The number of aromatic nitrogens is 1. The Bertz CT molecular complexity index is 650. The molecular formula is C14H14F2N4O2. The minimum Gasteiger partial charge on any atom is -0.397 e. The lowest BCUT2D eigenvalue weighted by molar-refractivity contribution is -0.384. The Morgan fingerprint density at radius 2 is 2.00 bits per heavy atom. The molecule has 0 bridgehead atoms. The third-order valence-corrected chi connectivity index (χ3v) is 2.99. The van der Waals surface area contributed by atoms with Gasteiger partial charge in [-0.15, -0.1) is 0 Å². The maximum atomic E-state index is 12.5. The molecule has 0 spiro atoms. The van der Waals surface area contributed by atoms with Crippen molar-refractivity contribution in [2.45, 2.75) is 12.8 Å². The molecule has 0 aliphatic rings. The molecule has 2 aromatic rings. The number of nitrogens with zero attached hydrogens (tertiary/aromatic N) is 3. The Balaban J connectivity index is 2.44. The summed E-state index contributed by atoms with van der Waals surface area (Å²) in [6.45, 7) is -0.0978. The number of nitro groups is 1. The summed E-state index contributed by atoms with van der Waals surface area (Å²) < 4.78 is 25.1. The van der Waals surface area contributed by atoms with Gasteiger partial charge in [0.15, 0.2) is 0 Å². The average molecular weight is 308 g/mol. The molecule has 8 heteroatoms. The first-order valence-electron chi connectivity index (χ1n) is 6.49. The molecule has 0 saturated carbocycles. The van der Waals surface area contributed by atoms with E-state index in [1.165, 1.54) is 35.4 Å². The molecule has 0 aliphatic carbocycles. The van der Waals surface area contributed by atoms with Crippen LogP contribution in [-0.4, -0.2) is 22.9 Å². The van der Waals surface area contributed by atoms with E-state index in [1.807, 2.05) is 0 Å². The summed E-state index contributed by atoms with van der Waals surface area (Å²) in [6.07, 6.45) is -1.57. The number of para-hydroxylation sites is 2. The van der Waals surface area contributed by atoms with Crippen molar-refractivity contribution in [3.05, 3.63) is 52.7 Å². The largest absolute Gasteiger partial charge is 0.397 e. The monoisotopic (exact) mass is 308 g/mol. The van der Waals surface area contributed by atoms with E-state index in [1.54, 1.807) is 12.1 Å². The fourth-order valence-electron chi connectivity index (χ4n) is 1.99. The molecule has 0 amide bonds. The lowest BCUT2D eigenvalue weighted by Gasteiger charge is -2.23. The van der Waals surface area contributed by atoms with Crippen LogP contribution in [0, 0.1) is 10.1 Å². The molecule has 0 radical (unpaired) electrons. The van der Waals surface area contributed by atoms with Crippen molar-refractivity contribution in [2.75, 3.05) is 17.2 Å². The van der Waals surface area contributed by atoms with Gasteiger partial charge in [0, 0.05) is 19.0 Å². The van der Waals surface area contributed by atoms with Gasteiger partial charge in [-0.3, -0.25) is 10.1 Å². The molecule has 0 atom stereocenters. The van der Waals surface area contributed by atoms with Crippen molar-refractivity contribution in [1.29, 1.82) is 0 Å². The zero-order valence-corrected chi connectivity index (χ0v) is 11.5. The number of hydrogen-bond donors (Lipinski definition) is 1. The molecule has 1 heterocycles. The van der Waals surface area contributed by atoms with Crippen molar-refractivity contribution < 1.29 is 13.7 Å². The summed E-state index contributed by atoms with van der Waals surface area (Å²) >= 11 is 0. The second kappa shape index (κ2) is 6.79. The van der Waals surface area contributed by atoms with Crippen LogP contribution in [0.15, 0.2) is 42.6 Å². The Labute approximate surface area is 125 Å². The lowest BCUT2D eigenvalue weighted by Crippen LogP contribution is -2.22. The molecule has 0 saturated heterocycles. The first kappa shape index (κ1) is 15.6. The van der Waals surface area contributed by atoms with Gasteiger partial charge in [-0.05, 0) is 18.2 Å². The molecule has 0 unspecified atom stereocenters. The van der Waals surface area contributed by atoms with E-state index in [4.69, 9.17) is 5.73 Å². The number of halogens is 2. The van der Waals surface area contributed by atoms with Crippen LogP contribution in [0.4, 0.5) is 31.7 Å². The Hall–Kier alpha value is -2.77. The van der Waals surface area contributed by atoms with Crippen LogP contribution in [0.25, 0.3) is 0 Å². The predicted octanol–water partition coefficient (Wildman–Crippen LogP) is 3.37. The number of nitrogens with two attached hydrogens (primary N) is 1. The highest BCUT2D eigenvalue weighted by Gasteiger charge is 2.21. The molecule has 116 valence electrons. The second-order valence-corrected chi connectivity index (χ2v) is 4.53. The summed E-state index contributed by atoms with van der Waals surface area (Å²) in [7, 11) is 0. The number of rotatable bonds is 6. The van der Waals surface area contributed by atoms with E-state index < -0.39 is 17.8 Å². The average Bonchev–Trinajstić information content (AvgIpc) is 2.49. The molecule has 6 nitrogen and oxygen atoms in total. The summed E-state index contributed by atoms with van der Waals surface area (Å²) in [4.78, 5) is 16.0. The van der Waals surface area contributed by atoms with Crippen LogP contribution in [0.5, 0.6) is 0 Å². The van der Waals surface area contributed by atoms with Crippen molar-refractivity contribution in [3.8, 4) is 0 Å². The van der Waals surface area contributed by atoms with Crippen LogP contribution in [0.1, 0.15) is 6.42 Å². The highest BCUT2D eigenvalue weighted by atomic mass is 19.3. The number of pyridine rings is 1. The van der Waals surface area contributed by atoms with Crippen molar-refractivity contribution in [3.63, 3.8) is 0 Å². The zero-order valence-electron chi connectivity index (χ0n) is 11.5. The van der Waals surface area contributed by atoms with Gasteiger partial charge in [-0.1, -0.05) is 12.1 Å². The first-order valence-corrected chi connectivity index (χ1v) is 6.49. The molecule has 0 fully saturated rings. The number of benzene rings is 1. The predicted molar refractivity (Wildman–Crippen MR) is 79.4 cm³/mol. The molecule has 2 rings (SSSR count). The molecule has 1 aromatic heterocycles. The second-order valence-electron chi connectivity index (χ2n) is 4.53. The Morgan fingerprint density at radius 1 is 1.27 bits per heavy atom. The van der Waals surface area contributed by atoms with Crippen molar-refractivity contribution in [2.24, 2.45) is 0 Å². The molecule has 1 aromatic carbocycles. The van der Waals surface area contributed by atoms with Crippen molar-refractivity contribution in [1.82, 2.24) is 4.98 Å². The van der Waals surface area contributed by atoms with Crippen LogP contribution in [0.2, 0.25) is 0 Å². The zero-order chi connectivity index (χ0) is 16.1. The fourth-order valence-corrected chi connectivity index (χ4v) is 1.99. The number of nitro benzene ring substituents is 1. The van der Waals surface area contributed by atoms with Gasteiger partial charge in [0.2, 0.25) is 6.43 Å².